The molecule has 4 rings (SSSR count). The molecule has 6 nitrogen and oxygen atoms in total. The topological polar surface area (TPSA) is 68.3 Å². The van der Waals surface area contributed by atoms with Crippen molar-refractivity contribution in [3.05, 3.63) is 45.4 Å². The van der Waals surface area contributed by atoms with Crippen molar-refractivity contribution >= 4 is 38.3 Å². The molecule has 2 aromatic carbocycles. The van der Waals surface area contributed by atoms with Crippen LogP contribution in [-0.4, -0.2) is 34.8 Å². The number of anilines is 2. The summed E-state index contributed by atoms with van der Waals surface area (Å²) in [6.45, 7) is 27.2. The zero-order valence-electron chi connectivity index (χ0n) is 26.9. The van der Waals surface area contributed by atoms with E-state index in [1.165, 1.54) is 6.07 Å². The minimum atomic E-state index is -0.378. The second-order valence-electron chi connectivity index (χ2n) is 14.0. The van der Waals surface area contributed by atoms with Crippen LogP contribution >= 0.6 is 15.9 Å². The van der Waals surface area contributed by atoms with Crippen LogP contribution in [0, 0.1) is 42.8 Å². The third kappa shape index (κ3) is 4.69. The van der Waals surface area contributed by atoms with Crippen molar-refractivity contribution in [3.63, 3.8) is 0 Å². The fraction of sp³-hybridized carbons (Fsp3) is 0.576. The first kappa shape index (κ1) is 31.5. The molecule has 1 aliphatic rings. The number of benzene rings is 2. The molecule has 0 saturated carbocycles. The van der Waals surface area contributed by atoms with Gasteiger partial charge in [0.25, 0.3) is 0 Å². The quantitative estimate of drug-likeness (QED) is 0.284. The number of halogens is 2. The summed E-state index contributed by atoms with van der Waals surface area (Å²) in [5, 5.41) is 7.91. The van der Waals surface area contributed by atoms with E-state index in [-0.39, 0.29) is 33.1 Å². The number of rotatable bonds is 6. The number of fused-ring (bicyclic) bond motifs is 1. The van der Waals surface area contributed by atoms with E-state index >= 15 is 0 Å². The third-order valence-corrected chi connectivity index (χ3v) is 11.5. The van der Waals surface area contributed by atoms with Crippen LogP contribution in [0.5, 0.6) is 11.5 Å². The van der Waals surface area contributed by atoms with Gasteiger partial charge in [0, 0.05) is 32.1 Å². The SMILES string of the molecule is COc1c(OCC2(C)C(C)(C)C(C)(C)NC(C)(C)C2(C)C)c(C)c2nc(C)nc(Nc3ccc(Br)cc3F)c2c1C. The van der Waals surface area contributed by atoms with Crippen molar-refractivity contribution < 1.29 is 13.9 Å². The summed E-state index contributed by atoms with van der Waals surface area (Å²) in [5.74, 6) is 2.03. The van der Waals surface area contributed by atoms with E-state index in [4.69, 9.17) is 14.5 Å². The largest absolute Gasteiger partial charge is 0.493 e. The molecule has 3 aromatic rings. The van der Waals surface area contributed by atoms with Crippen LogP contribution in [0.1, 0.15) is 79.3 Å². The summed E-state index contributed by atoms with van der Waals surface area (Å²) in [4.78, 5) is 9.49. The molecule has 1 aliphatic heterocycles. The Morgan fingerprint density at radius 2 is 1.46 bits per heavy atom. The maximum atomic E-state index is 14.8. The Balaban J connectivity index is 1.86. The zero-order chi connectivity index (χ0) is 30.9. The molecule has 41 heavy (non-hydrogen) atoms. The van der Waals surface area contributed by atoms with Crippen molar-refractivity contribution in [2.24, 2.45) is 16.2 Å². The van der Waals surface area contributed by atoms with Gasteiger partial charge in [0.05, 0.1) is 30.3 Å². The number of aromatic nitrogens is 2. The highest BCUT2D eigenvalue weighted by molar-refractivity contribution is 9.10. The van der Waals surface area contributed by atoms with Gasteiger partial charge in [-0.3, -0.25) is 0 Å². The maximum Gasteiger partial charge on any atom is 0.166 e. The summed E-state index contributed by atoms with van der Waals surface area (Å²) >= 11 is 3.33. The highest BCUT2D eigenvalue weighted by Gasteiger charge is 2.67. The van der Waals surface area contributed by atoms with Gasteiger partial charge in [-0.15, -0.1) is 0 Å². The van der Waals surface area contributed by atoms with E-state index < -0.39 is 0 Å². The molecule has 0 radical (unpaired) electrons. The number of hydrogen-bond acceptors (Lipinski definition) is 6. The number of nitrogens with one attached hydrogen (secondary N) is 2. The van der Waals surface area contributed by atoms with Gasteiger partial charge in [-0.25, -0.2) is 14.4 Å². The number of nitrogens with zero attached hydrogens (tertiary/aromatic N) is 2. The smallest absolute Gasteiger partial charge is 0.166 e. The van der Waals surface area contributed by atoms with Gasteiger partial charge in [0.1, 0.15) is 17.5 Å². The Morgan fingerprint density at radius 3 is 2.00 bits per heavy atom. The van der Waals surface area contributed by atoms with Gasteiger partial charge in [-0.2, -0.15) is 0 Å². The van der Waals surface area contributed by atoms with Gasteiger partial charge >= 0.3 is 0 Å². The van der Waals surface area contributed by atoms with Crippen LogP contribution in [0.25, 0.3) is 10.9 Å². The molecule has 2 N–H and O–H groups in total. The third-order valence-electron chi connectivity index (χ3n) is 11.0. The highest BCUT2D eigenvalue weighted by Crippen LogP contribution is 2.64. The lowest BCUT2D eigenvalue weighted by atomic mass is 9.41. The number of methoxy groups -OCH3 is 1. The van der Waals surface area contributed by atoms with Crippen LogP contribution in [0.2, 0.25) is 0 Å². The van der Waals surface area contributed by atoms with Crippen LogP contribution in [0.4, 0.5) is 15.9 Å². The molecule has 1 saturated heterocycles. The monoisotopic (exact) mass is 628 g/mol. The molecular formula is C33H46BrFN4O2. The predicted octanol–water partition coefficient (Wildman–Crippen LogP) is 8.81. The van der Waals surface area contributed by atoms with E-state index in [0.29, 0.717) is 39.9 Å². The van der Waals surface area contributed by atoms with Crippen molar-refractivity contribution in [1.29, 1.82) is 0 Å². The Hall–Kier alpha value is -2.45. The first-order valence-electron chi connectivity index (χ1n) is 14.2. The zero-order valence-corrected chi connectivity index (χ0v) is 28.5. The summed E-state index contributed by atoms with van der Waals surface area (Å²) in [6.07, 6.45) is 0. The molecule has 0 bridgehead atoms. The van der Waals surface area contributed by atoms with Crippen LogP contribution in [0.15, 0.2) is 22.7 Å². The first-order chi connectivity index (χ1) is 18.7. The van der Waals surface area contributed by atoms with Gasteiger partial charge in [-0.05, 0) is 77.5 Å². The molecule has 0 atom stereocenters. The van der Waals surface area contributed by atoms with E-state index in [0.717, 1.165) is 22.0 Å². The highest BCUT2D eigenvalue weighted by atomic mass is 79.9. The molecule has 2 heterocycles. The second kappa shape index (κ2) is 10.1. The van der Waals surface area contributed by atoms with Gasteiger partial charge < -0.3 is 20.1 Å². The van der Waals surface area contributed by atoms with Gasteiger partial charge in [-0.1, -0.05) is 50.5 Å². The standard InChI is InChI=1S/C33H46BrFN4O2/c1-18-24-25(36-20(3)37-28(24)38-23-15-14-21(34)16-22(23)35)19(2)27(26(18)40-13)41-17-33(12)29(4,5)31(8,9)39-32(10,11)30(33,6)7/h14-16,39H,17H2,1-13H3,(H,36,37,38). The number of hydrogen-bond donors (Lipinski definition) is 2. The Labute approximate surface area is 253 Å². The number of piperidine rings is 1. The summed E-state index contributed by atoms with van der Waals surface area (Å²) in [7, 11) is 1.66. The Morgan fingerprint density at radius 1 is 0.878 bits per heavy atom. The van der Waals surface area contributed by atoms with Gasteiger partial charge in [0.2, 0.25) is 0 Å². The van der Waals surface area contributed by atoms with Crippen molar-refractivity contribution in [3.8, 4) is 11.5 Å². The minimum Gasteiger partial charge on any atom is -0.493 e. The summed E-state index contributed by atoms with van der Waals surface area (Å²) in [5.41, 5.74) is 2.00. The van der Waals surface area contributed by atoms with Crippen LogP contribution < -0.4 is 20.1 Å². The van der Waals surface area contributed by atoms with Crippen LogP contribution in [-0.2, 0) is 0 Å². The number of aryl methyl sites for hydroxylation is 3. The lowest BCUT2D eigenvalue weighted by Crippen LogP contribution is -2.78. The molecule has 0 spiro atoms. The fourth-order valence-electron chi connectivity index (χ4n) is 6.82. The normalized spacial score (nSPS) is 20.1. The predicted molar refractivity (Wildman–Crippen MR) is 170 cm³/mol. The van der Waals surface area contributed by atoms with Crippen molar-refractivity contribution in [2.75, 3.05) is 19.0 Å². The van der Waals surface area contributed by atoms with Crippen molar-refractivity contribution in [1.82, 2.24) is 15.3 Å². The Kier molecular flexibility index (Phi) is 7.74. The minimum absolute atomic E-state index is 0.128. The molecule has 224 valence electrons. The molecule has 0 aliphatic carbocycles. The average molecular weight is 630 g/mol. The summed E-state index contributed by atoms with van der Waals surface area (Å²) in [6, 6.07) is 4.90. The molecule has 8 heteroatoms. The molecule has 1 aromatic heterocycles. The summed E-state index contributed by atoms with van der Waals surface area (Å²) < 4.78 is 28.3. The Bertz CT molecular complexity index is 1490. The van der Waals surface area contributed by atoms with E-state index in [9.17, 15) is 4.39 Å². The first-order valence-corrected chi connectivity index (χ1v) is 15.0. The number of ether oxygens (including phenoxy) is 2. The average Bonchev–Trinajstić information content (AvgIpc) is 2.84. The molecule has 0 amide bonds. The molecular weight excluding hydrogens is 583 g/mol. The maximum absolute atomic E-state index is 14.8. The van der Waals surface area contributed by atoms with E-state index in [2.05, 4.69) is 93.9 Å². The van der Waals surface area contributed by atoms with E-state index in [1.807, 2.05) is 20.8 Å². The fourth-order valence-corrected chi connectivity index (χ4v) is 7.15. The second-order valence-corrected chi connectivity index (χ2v) is 14.9. The van der Waals surface area contributed by atoms with Gasteiger partial charge in [0.15, 0.2) is 11.5 Å². The molecule has 1 fully saturated rings. The van der Waals surface area contributed by atoms with Crippen LogP contribution in [0.3, 0.4) is 0 Å². The van der Waals surface area contributed by atoms with Crippen molar-refractivity contribution in [2.45, 2.75) is 94.2 Å². The lowest BCUT2D eigenvalue weighted by Gasteiger charge is -2.70. The molecule has 0 unspecified atom stereocenters. The lowest BCUT2D eigenvalue weighted by molar-refractivity contribution is -0.191. The van der Waals surface area contributed by atoms with E-state index in [1.54, 1.807) is 19.2 Å².